The Bertz CT molecular complexity index is 209. The Morgan fingerprint density at radius 3 is 2.57 bits per heavy atom. The number of carboxylic acid groups (broad SMARTS) is 1. The van der Waals surface area contributed by atoms with Crippen LogP contribution in [0.5, 0.6) is 0 Å². The topological polar surface area (TPSA) is 122 Å². The van der Waals surface area contributed by atoms with E-state index in [1.165, 1.54) is 7.05 Å². The number of amides is 1. The van der Waals surface area contributed by atoms with Crippen molar-refractivity contribution >= 4 is 11.9 Å². The number of nitrogens with two attached hydrogens (primary N) is 2. The van der Waals surface area contributed by atoms with Gasteiger partial charge in [0.15, 0.2) is 0 Å². The van der Waals surface area contributed by atoms with Crippen molar-refractivity contribution in [2.24, 2.45) is 11.5 Å². The summed E-state index contributed by atoms with van der Waals surface area (Å²) in [6, 6.07) is -0.698. The zero-order valence-corrected chi connectivity index (χ0v) is 8.06. The molecule has 0 aliphatic heterocycles. The van der Waals surface area contributed by atoms with E-state index in [-0.39, 0.29) is 6.54 Å². The van der Waals surface area contributed by atoms with Crippen molar-refractivity contribution < 1.29 is 14.7 Å². The predicted octanol–water partition coefficient (Wildman–Crippen LogP) is -2.29. The normalized spacial score (nSPS) is 12.6. The maximum Gasteiger partial charge on any atom is 0.319 e. The first-order chi connectivity index (χ1) is 6.47. The van der Waals surface area contributed by atoms with Gasteiger partial charge in [-0.2, -0.15) is 0 Å². The van der Waals surface area contributed by atoms with E-state index >= 15 is 0 Å². The van der Waals surface area contributed by atoms with Gasteiger partial charge in [0.2, 0.25) is 0 Å². The summed E-state index contributed by atoms with van der Waals surface area (Å²) in [5, 5.41) is 9.55. The molecule has 0 rings (SSSR count). The third-order valence-electron chi connectivity index (χ3n) is 1.49. The molecule has 1 atom stereocenters. The van der Waals surface area contributed by atoms with Crippen molar-refractivity contribution in [2.45, 2.75) is 12.5 Å². The maximum atomic E-state index is 11.2. The quantitative estimate of drug-likeness (QED) is 0.361. The molecule has 82 valence electrons. The van der Waals surface area contributed by atoms with Gasteiger partial charge >= 0.3 is 5.97 Å². The lowest BCUT2D eigenvalue weighted by atomic mass is 10.2. The Labute approximate surface area is 82.0 Å². The number of hydrogen-bond acceptors (Lipinski definition) is 5. The number of nitrogens with zero attached hydrogens (tertiary/aromatic N) is 1. The Morgan fingerprint density at radius 1 is 1.57 bits per heavy atom. The number of nitrogens with one attached hydrogen (secondary N) is 1. The maximum absolute atomic E-state index is 11.2. The van der Waals surface area contributed by atoms with Gasteiger partial charge in [-0.25, -0.2) is 5.01 Å². The average molecular weight is 204 g/mol. The van der Waals surface area contributed by atoms with Gasteiger partial charge in [-0.3, -0.25) is 15.0 Å². The molecule has 1 amide bonds. The lowest BCUT2D eigenvalue weighted by molar-refractivity contribution is -0.139. The van der Waals surface area contributed by atoms with Crippen LogP contribution in [0.4, 0.5) is 0 Å². The minimum Gasteiger partial charge on any atom is -0.480 e. The fourth-order valence-corrected chi connectivity index (χ4v) is 0.824. The molecule has 14 heavy (non-hydrogen) atoms. The van der Waals surface area contributed by atoms with E-state index in [1.54, 1.807) is 0 Å². The van der Waals surface area contributed by atoms with Crippen LogP contribution in [-0.4, -0.2) is 48.2 Å². The lowest BCUT2D eigenvalue weighted by Crippen LogP contribution is -2.49. The molecular formula is C7H16N4O3. The van der Waals surface area contributed by atoms with E-state index in [4.69, 9.17) is 16.6 Å². The molecule has 6 N–H and O–H groups in total. The smallest absolute Gasteiger partial charge is 0.319 e. The molecule has 0 fully saturated rings. The van der Waals surface area contributed by atoms with Crippen LogP contribution in [0.1, 0.15) is 6.42 Å². The first-order valence-electron chi connectivity index (χ1n) is 4.16. The standard InChI is InChI=1S/C7H16N4O3/c1-11(4-6(12)13)10-7(14)5(9)2-3-8/h5H,2-4,8-9H2,1H3,(H,10,14)(H,12,13)/t5-/m0/s1. The van der Waals surface area contributed by atoms with E-state index in [0.717, 1.165) is 5.01 Å². The van der Waals surface area contributed by atoms with Gasteiger partial charge in [0.25, 0.3) is 5.91 Å². The Hall–Kier alpha value is -1.18. The van der Waals surface area contributed by atoms with Crippen molar-refractivity contribution in [1.29, 1.82) is 0 Å². The van der Waals surface area contributed by atoms with E-state index in [2.05, 4.69) is 5.43 Å². The highest BCUT2D eigenvalue weighted by molar-refractivity contribution is 5.81. The van der Waals surface area contributed by atoms with Crippen LogP contribution < -0.4 is 16.9 Å². The molecule has 0 aliphatic carbocycles. The molecule has 0 saturated carbocycles. The second-order valence-electron chi connectivity index (χ2n) is 2.91. The van der Waals surface area contributed by atoms with Crippen LogP contribution in [-0.2, 0) is 9.59 Å². The molecule has 0 unspecified atom stereocenters. The molecule has 0 aliphatic rings. The van der Waals surface area contributed by atoms with Crippen molar-refractivity contribution in [2.75, 3.05) is 20.1 Å². The molecule has 0 aromatic heterocycles. The fourth-order valence-electron chi connectivity index (χ4n) is 0.824. The van der Waals surface area contributed by atoms with E-state index < -0.39 is 17.9 Å². The first kappa shape index (κ1) is 12.8. The summed E-state index contributed by atoms with van der Waals surface area (Å²) in [7, 11) is 1.45. The number of carbonyl (C=O) groups is 2. The van der Waals surface area contributed by atoms with Crippen LogP contribution in [0.2, 0.25) is 0 Å². The molecule has 7 nitrogen and oxygen atoms in total. The molecule has 0 heterocycles. The number of likely N-dealkylation sites (N-methyl/N-ethyl adjacent to an activating group) is 1. The molecule has 0 saturated heterocycles. The van der Waals surface area contributed by atoms with Crippen LogP contribution in [0.25, 0.3) is 0 Å². The zero-order chi connectivity index (χ0) is 11.1. The summed E-state index contributed by atoms with van der Waals surface area (Å²) in [4.78, 5) is 21.4. The predicted molar refractivity (Wildman–Crippen MR) is 50.1 cm³/mol. The second-order valence-corrected chi connectivity index (χ2v) is 2.91. The number of aliphatic carboxylic acids is 1. The van der Waals surface area contributed by atoms with Gasteiger partial charge in [-0.15, -0.1) is 0 Å². The van der Waals surface area contributed by atoms with Crippen LogP contribution in [0, 0.1) is 0 Å². The van der Waals surface area contributed by atoms with Crippen LogP contribution in [0.15, 0.2) is 0 Å². The minimum absolute atomic E-state index is 0.277. The third-order valence-corrected chi connectivity index (χ3v) is 1.49. The third kappa shape index (κ3) is 5.46. The second kappa shape index (κ2) is 6.30. The Morgan fingerprint density at radius 2 is 2.14 bits per heavy atom. The van der Waals surface area contributed by atoms with Crippen molar-refractivity contribution in [1.82, 2.24) is 10.4 Å². The largest absolute Gasteiger partial charge is 0.480 e. The highest BCUT2D eigenvalue weighted by Gasteiger charge is 2.14. The van der Waals surface area contributed by atoms with Crippen molar-refractivity contribution in [3.05, 3.63) is 0 Å². The number of carboxylic acids is 1. The van der Waals surface area contributed by atoms with E-state index in [9.17, 15) is 9.59 Å². The number of rotatable bonds is 6. The molecule has 0 aromatic carbocycles. The van der Waals surface area contributed by atoms with Gasteiger partial charge in [0, 0.05) is 7.05 Å². The summed E-state index contributed by atoms with van der Waals surface area (Å²) in [5.41, 5.74) is 13.0. The van der Waals surface area contributed by atoms with Gasteiger partial charge in [-0.05, 0) is 13.0 Å². The molecular weight excluding hydrogens is 188 g/mol. The zero-order valence-electron chi connectivity index (χ0n) is 8.06. The van der Waals surface area contributed by atoms with Crippen molar-refractivity contribution in [3.63, 3.8) is 0 Å². The van der Waals surface area contributed by atoms with E-state index in [1.807, 2.05) is 0 Å². The molecule has 7 heteroatoms. The van der Waals surface area contributed by atoms with Gasteiger partial charge in [-0.1, -0.05) is 0 Å². The molecule has 0 spiro atoms. The summed E-state index contributed by atoms with van der Waals surface area (Å²) < 4.78 is 0. The highest BCUT2D eigenvalue weighted by atomic mass is 16.4. The molecule has 0 bridgehead atoms. The number of hydrazine groups is 1. The van der Waals surface area contributed by atoms with Gasteiger partial charge in [0.1, 0.15) is 6.54 Å². The summed E-state index contributed by atoms with van der Waals surface area (Å²) in [6.07, 6.45) is 0.368. The van der Waals surface area contributed by atoms with Crippen LogP contribution >= 0.6 is 0 Å². The van der Waals surface area contributed by atoms with Gasteiger partial charge in [0.05, 0.1) is 6.04 Å². The average Bonchev–Trinajstić information content (AvgIpc) is 2.02. The van der Waals surface area contributed by atoms with E-state index in [0.29, 0.717) is 13.0 Å². The summed E-state index contributed by atoms with van der Waals surface area (Å²) in [5.74, 6) is -1.46. The van der Waals surface area contributed by atoms with Gasteiger partial charge < -0.3 is 16.6 Å². The fraction of sp³-hybridized carbons (Fsp3) is 0.714. The summed E-state index contributed by atoms with van der Waals surface area (Å²) >= 11 is 0. The monoisotopic (exact) mass is 204 g/mol. The number of carbonyl (C=O) groups excluding carboxylic acids is 1. The Kier molecular flexibility index (Phi) is 5.77. The molecule has 0 radical (unpaired) electrons. The van der Waals surface area contributed by atoms with Crippen molar-refractivity contribution in [3.8, 4) is 0 Å². The first-order valence-corrected chi connectivity index (χ1v) is 4.16. The summed E-state index contributed by atoms with van der Waals surface area (Å²) in [6.45, 7) is 0.0400. The minimum atomic E-state index is -1.03. The number of hydrogen-bond donors (Lipinski definition) is 4. The SMILES string of the molecule is CN(CC(=O)O)NC(=O)[C@@H](N)CCN. The van der Waals surface area contributed by atoms with Crippen LogP contribution in [0.3, 0.4) is 0 Å². The Balaban J connectivity index is 3.86. The molecule has 0 aromatic rings. The highest BCUT2D eigenvalue weighted by Crippen LogP contribution is 1.86. The lowest BCUT2D eigenvalue weighted by Gasteiger charge is -2.18.